The molecule has 6 aliphatic rings. The average molecular weight is 1210 g/mol. The Balaban J connectivity index is 0.000000227. The molecule has 10 rings (SSSR count). The van der Waals surface area contributed by atoms with Gasteiger partial charge in [0.05, 0.1) is 65.6 Å². The quantitative estimate of drug-likeness (QED) is 0.128. The maximum atomic E-state index is 6.59. The monoisotopic (exact) mass is 1210 g/mol. The van der Waals surface area contributed by atoms with Crippen molar-refractivity contribution >= 4 is 57.4 Å². The highest BCUT2D eigenvalue weighted by atomic mass is 31.1. The van der Waals surface area contributed by atoms with E-state index in [0.717, 1.165) is 52.2 Å². The van der Waals surface area contributed by atoms with Gasteiger partial charge in [-0.1, -0.05) is 161 Å². The number of aliphatic imine (C=N–C) groups is 3. The second kappa shape index (κ2) is 26.8. The van der Waals surface area contributed by atoms with E-state index in [-0.39, 0.29) is 89.7 Å². The third-order valence-corrected chi connectivity index (χ3v) is 26.8. The molecule has 0 saturated heterocycles. The standard InChI is InChI=1S/C24H30NO3P.2C21H32NO3P.3CH4/c1-23(2,3)29-20-18(26-6)13-10-14-19(20)28-22(29)24(4,5)21-25-17(15-27-21)16-11-8-7-9-12-16;2*1-13(2)14-12-24-18(22-14)21(6,7)19-25-16-11-9-10-15(23-8)17(16)26(19)20(3,4)5;;;/h7-14,17,22H,15H2,1-6H3;2*9-11,13-14,19H,12H2,1-8H3;3*1H4/t17-,22?,29-;14-,19?,26+;14-,19?,26-;;;/m010.../s1. The molecular weight excluding hydrogens is 1110 g/mol. The minimum absolute atomic E-state index is 0. The van der Waals surface area contributed by atoms with Crippen molar-refractivity contribution in [2.24, 2.45) is 43.1 Å². The number of fused-ring (bicyclic) bond motifs is 3. The molecule has 0 saturated carbocycles. The molecule has 0 aromatic heterocycles. The van der Waals surface area contributed by atoms with Crippen LogP contribution in [0, 0.1) is 28.1 Å². The van der Waals surface area contributed by atoms with Crippen molar-refractivity contribution in [2.75, 3.05) is 41.2 Å². The summed E-state index contributed by atoms with van der Waals surface area (Å²) in [7, 11) is 3.27. The van der Waals surface area contributed by atoms with Crippen LogP contribution in [0.25, 0.3) is 0 Å². The van der Waals surface area contributed by atoms with Crippen LogP contribution in [-0.4, -0.2) is 104 Å². The highest BCUT2D eigenvalue weighted by Crippen LogP contribution is 2.67. The zero-order valence-corrected chi connectivity index (χ0v) is 55.4. The molecule has 3 unspecified atom stereocenters. The highest BCUT2D eigenvalue weighted by molar-refractivity contribution is 7.69. The molecule has 6 aliphatic heterocycles. The van der Waals surface area contributed by atoms with Gasteiger partial charge in [0, 0.05) is 0 Å². The van der Waals surface area contributed by atoms with Crippen molar-refractivity contribution < 1.29 is 42.6 Å². The van der Waals surface area contributed by atoms with Crippen LogP contribution >= 0.6 is 23.8 Å². The Morgan fingerprint density at radius 2 is 0.702 bits per heavy atom. The fourth-order valence-corrected chi connectivity index (χ4v) is 21.5. The van der Waals surface area contributed by atoms with Crippen molar-refractivity contribution in [1.29, 1.82) is 0 Å². The Bertz CT molecular complexity index is 2830. The van der Waals surface area contributed by atoms with Gasteiger partial charge in [0.2, 0.25) is 0 Å². The first kappa shape index (κ1) is 70.1. The first-order valence-corrected chi connectivity index (χ1v) is 33.2. The summed E-state index contributed by atoms with van der Waals surface area (Å²) in [5.41, 5.74) is 0.236. The summed E-state index contributed by atoms with van der Waals surface area (Å²) in [4.78, 5) is 14.8. The van der Waals surface area contributed by atoms with Crippen LogP contribution in [0.3, 0.4) is 0 Å². The third-order valence-electron chi connectivity index (χ3n) is 16.1. The number of rotatable bonds is 12. The van der Waals surface area contributed by atoms with Crippen LogP contribution in [0.5, 0.6) is 34.5 Å². The molecule has 15 heteroatoms. The molecule has 12 nitrogen and oxygen atoms in total. The van der Waals surface area contributed by atoms with E-state index >= 15 is 0 Å². The number of nitrogens with zero attached hydrogens (tertiary/aromatic N) is 3. The highest BCUT2D eigenvalue weighted by Gasteiger charge is 2.57. The molecule has 0 bridgehead atoms. The van der Waals surface area contributed by atoms with Crippen LogP contribution in [0.15, 0.2) is 99.9 Å². The molecule has 4 aromatic carbocycles. The lowest BCUT2D eigenvalue weighted by Crippen LogP contribution is -2.41. The smallest absolute Gasteiger partial charge is 0.194 e. The molecule has 0 amide bonds. The Hall–Kier alpha value is -4.62. The summed E-state index contributed by atoms with van der Waals surface area (Å²) >= 11 is 0. The maximum absolute atomic E-state index is 6.59. The SMILES string of the molecule is C.C.C.COc1cccc2c1[P@](C(C)(C)C)C(C(C)(C)C1=N[C@@H](C(C)C)CO1)O2.COc1cccc2c1[P@](C(C)(C)C)C(C(C)(C)C1=N[C@H](C(C)C)CO1)O2.COc1cccc2c1[P@](C(C)(C)C)C(C(C)(C)C1=N[C@H](c3ccccc3)CO1)O2. The van der Waals surface area contributed by atoms with Gasteiger partial charge < -0.3 is 42.6 Å². The second-order valence-corrected chi connectivity index (χ2v) is 36.4. The van der Waals surface area contributed by atoms with E-state index in [0.29, 0.717) is 31.7 Å². The zero-order chi connectivity index (χ0) is 59.4. The molecule has 0 aliphatic carbocycles. The Kier molecular flexibility index (Phi) is 22.4. The van der Waals surface area contributed by atoms with Gasteiger partial charge in [-0.3, -0.25) is 0 Å². The molecule has 0 radical (unpaired) electrons. The molecule has 4 aromatic rings. The summed E-state index contributed by atoms with van der Waals surface area (Å²) < 4.78 is 55.1. The van der Waals surface area contributed by atoms with Gasteiger partial charge in [-0.2, -0.15) is 0 Å². The number of hydrogen-bond acceptors (Lipinski definition) is 12. The lowest BCUT2D eigenvalue weighted by molar-refractivity contribution is 0.172. The van der Waals surface area contributed by atoms with Crippen molar-refractivity contribution in [3.63, 3.8) is 0 Å². The van der Waals surface area contributed by atoms with Gasteiger partial charge in [-0.25, -0.2) is 15.0 Å². The van der Waals surface area contributed by atoms with Gasteiger partial charge in [0.25, 0.3) is 0 Å². The first-order valence-electron chi connectivity index (χ1n) is 28.9. The predicted molar refractivity (Wildman–Crippen MR) is 359 cm³/mol. The number of benzene rings is 4. The fraction of sp³-hybridized carbons (Fsp3) is 0.609. The van der Waals surface area contributed by atoms with Crippen LogP contribution < -0.4 is 44.3 Å². The van der Waals surface area contributed by atoms with Crippen LogP contribution in [0.1, 0.15) is 165 Å². The molecule has 9 atom stereocenters. The molecule has 0 spiro atoms. The zero-order valence-electron chi connectivity index (χ0n) is 52.7. The third kappa shape index (κ3) is 13.9. The van der Waals surface area contributed by atoms with Crippen LogP contribution in [-0.2, 0) is 14.2 Å². The Morgan fingerprint density at radius 1 is 0.405 bits per heavy atom. The summed E-state index contributed by atoms with van der Waals surface area (Å²) in [6.45, 7) is 44.6. The van der Waals surface area contributed by atoms with Crippen molar-refractivity contribution in [3.8, 4) is 34.5 Å². The van der Waals surface area contributed by atoms with Crippen molar-refractivity contribution in [1.82, 2.24) is 0 Å². The summed E-state index contributed by atoms with van der Waals surface area (Å²) in [5.74, 6) is 9.01. The molecule has 0 fully saturated rings. The van der Waals surface area contributed by atoms with E-state index < -0.39 is 23.8 Å². The van der Waals surface area contributed by atoms with E-state index in [4.69, 9.17) is 57.6 Å². The molecule has 0 N–H and O–H groups in total. The maximum Gasteiger partial charge on any atom is 0.194 e. The fourth-order valence-electron chi connectivity index (χ4n) is 11.4. The van der Waals surface area contributed by atoms with Gasteiger partial charge in [0.1, 0.15) is 77.9 Å². The normalized spacial score (nSPS) is 24.0. The molecule has 466 valence electrons. The summed E-state index contributed by atoms with van der Waals surface area (Å²) in [5, 5.41) is 3.88. The second-order valence-electron chi connectivity index (χ2n) is 27.4. The summed E-state index contributed by atoms with van der Waals surface area (Å²) in [6.07, 6.45) is 0. The largest absolute Gasteiger partial charge is 0.496 e. The van der Waals surface area contributed by atoms with Gasteiger partial charge in [-0.15, -0.1) is 0 Å². The lowest BCUT2D eigenvalue weighted by Gasteiger charge is -2.39. The van der Waals surface area contributed by atoms with Gasteiger partial charge >= 0.3 is 0 Å². The van der Waals surface area contributed by atoms with Crippen molar-refractivity contribution in [2.45, 2.75) is 205 Å². The van der Waals surface area contributed by atoms with Gasteiger partial charge in [0.15, 0.2) is 17.7 Å². The molecule has 6 heterocycles. The lowest BCUT2D eigenvalue weighted by atomic mass is 9.94. The van der Waals surface area contributed by atoms with Gasteiger partial charge in [-0.05, 0) is 135 Å². The Morgan fingerprint density at radius 3 is 0.976 bits per heavy atom. The van der Waals surface area contributed by atoms with E-state index in [2.05, 4.69) is 174 Å². The van der Waals surface area contributed by atoms with E-state index in [1.54, 1.807) is 21.3 Å². The molecule has 84 heavy (non-hydrogen) atoms. The van der Waals surface area contributed by atoms with Crippen LogP contribution in [0.2, 0.25) is 0 Å². The Labute approximate surface area is 511 Å². The number of ether oxygens (including phenoxy) is 9. The first-order chi connectivity index (χ1) is 37.9. The number of hydrogen-bond donors (Lipinski definition) is 0. The van der Waals surface area contributed by atoms with E-state index in [9.17, 15) is 0 Å². The van der Waals surface area contributed by atoms with E-state index in [1.807, 2.05) is 42.5 Å². The minimum Gasteiger partial charge on any atom is -0.496 e. The predicted octanol–water partition coefficient (Wildman–Crippen LogP) is 17.0. The van der Waals surface area contributed by atoms with Crippen LogP contribution in [0.4, 0.5) is 0 Å². The minimum atomic E-state index is -0.673. The van der Waals surface area contributed by atoms with Crippen molar-refractivity contribution in [3.05, 3.63) is 90.5 Å². The number of methoxy groups -OCH3 is 3. The molecular formula is C69H106N3O9P3. The van der Waals surface area contributed by atoms with E-state index in [1.165, 1.54) is 21.5 Å². The topological polar surface area (TPSA) is 120 Å². The summed E-state index contributed by atoms with van der Waals surface area (Å²) in [6, 6.07) is 29.2. The average Bonchev–Trinajstić information content (AvgIpc) is 2.46.